The van der Waals surface area contributed by atoms with Crippen molar-refractivity contribution in [3.05, 3.63) is 78.6 Å². The topological polar surface area (TPSA) is 50.4 Å². The number of amidine groups is 1. The molecule has 1 aliphatic heterocycles. The smallest absolute Gasteiger partial charge is 0.137 e. The first-order chi connectivity index (χ1) is 11.8. The molecule has 4 heteroatoms. The van der Waals surface area contributed by atoms with Gasteiger partial charge in [0.1, 0.15) is 17.3 Å². The molecule has 2 heterocycles. The maximum Gasteiger partial charge on any atom is 0.137 e. The first-order valence-electron chi connectivity index (χ1n) is 7.93. The number of benzene rings is 2. The van der Waals surface area contributed by atoms with E-state index in [0.717, 1.165) is 52.6 Å². The van der Waals surface area contributed by atoms with Crippen LogP contribution in [0.25, 0.3) is 17.0 Å². The molecule has 0 saturated carbocycles. The summed E-state index contributed by atoms with van der Waals surface area (Å²) in [5, 5.41) is 7.42. The Labute approximate surface area is 140 Å². The van der Waals surface area contributed by atoms with Crippen LogP contribution in [-0.4, -0.2) is 11.0 Å². The Hall–Kier alpha value is -3.14. The van der Waals surface area contributed by atoms with Gasteiger partial charge in [-0.25, -0.2) is 4.99 Å². The molecule has 4 rings (SSSR count). The number of nitrogens with zero attached hydrogens (tertiary/aromatic N) is 2. The Morgan fingerprint density at radius 3 is 2.62 bits per heavy atom. The van der Waals surface area contributed by atoms with Crippen LogP contribution in [0.4, 0.5) is 5.69 Å². The molecule has 2 aromatic carbocycles. The molecule has 0 aliphatic carbocycles. The van der Waals surface area contributed by atoms with E-state index in [1.165, 1.54) is 0 Å². The quantitative estimate of drug-likeness (QED) is 0.767. The number of nitrogens with one attached hydrogen (secondary N) is 1. The fraction of sp³-hybridized carbons (Fsp3) is 0.100. The molecule has 0 spiro atoms. The lowest BCUT2D eigenvalue weighted by atomic mass is 10.1. The highest BCUT2D eigenvalue weighted by Crippen LogP contribution is 2.28. The molecule has 3 aromatic rings. The fourth-order valence-corrected chi connectivity index (χ4v) is 2.78. The summed E-state index contributed by atoms with van der Waals surface area (Å²) in [6.45, 7) is 4.08. The second kappa shape index (κ2) is 6.16. The minimum absolute atomic E-state index is 0.737. The molecule has 0 bridgehead atoms. The van der Waals surface area contributed by atoms with Crippen molar-refractivity contribution in [2.75, 3.05) is 0 Å². The predicted molar refractivity (Wildman–Crippen MR) is 96.0 cm³/mol. The van der Waals surface area contributed by atoms with Gasteiger partial charge in [0.2, 0.25) is 0 Å². The molecular weight excluding hydrogens is 298 g/mol. The minimum atomic E-state index is 0.737. The summed E-state index contributed by atoms with van der Waals surface area (Å²) in [5.41, 5.74) is 4.81. The Balaban J connectivity index is 1.48. The van der Waals surface area contributed by atoms with Crippen molar-refractivity contribution in [3.8, 4) is 11.3 Å². The molecule has 0 atom stereocenters. The van der Waals surface area contributed by atoms with E-state index in [0.29, 0.717) is 0 Å². The van der Waals surface area contributed by atoms with Crippen molar-refractivity contribution in [1.29, 1.82) is 0 Å². The molecule has 1 aromatic heterocycles. The van der Waals surface area contributed by atoms with E-state index in [1.807, 2.05) is 60.7 Å². The van der Waals surface area contributed by atoms with Crippen molar-refractivity contribution in [2.45, 2.75) is 12.8 Å². The molecule has 4 nitrogen and oxygen atoms in total. The summed E-state index contributed by atoms with van der Waals surface area (Å²) >= 11 is 0. The van der Waals surface area contributed by atoms with Gasteiger partial charge in [0.15, 0.2) is 0 Å². The van der Waals surface area contributed by atoms with Gasteiger partial charge in [-0.3, -0.25) is 0 Å². The van der Waals surface area contributed by atoms with E-state index in [-0.39, 0.29) is 0 Å². The van der Waals surface area contributed by atoms with Gasteiger partial charge in [-0.2, -0.15) is 0 Å². The largest absolute Gasteiger partial charge is 0.361 e. The van der Waals surface area contributed by atoms with Crippen molar-refractivity contribution < 1.29 is 4.52 Å². The highest BCUT2D eigenvalue weighted by Gasteiger charge is 2.15. The highest BCUT2D eigenvalue weighted by atomic mass is 16.5. The Kier molecular flexibility index (Phi) is 3.71. The Morgan fingerprint density at radius 2 is 1.75 bits per heavy atom. The van der Waals surface area contributed by atoms with E-state index in [2.05, 4.69) is 22.0 Å². The van der Waals surface area contributed by atoms with Gasteiger partial charge in [0.05, 0.1) is 5.69 Å². The van der Waals surface area contributed by atoms with Gasteiger partial charge in [-0.05, 0) is 6.07 Å². The molecule has 0 unspecified atom stereocenters. The monoisotopic (exact) mass is 315 g/mol. The lowest BCUT2D eigenvalue weighted by molar-refractivity contribution is 0.386. The van der Waals surface area contributed by atoms with E-state index >= 15 is 0 Å². The molecule has 24 heavy (non-hydrogen) atoms. The summed E-state index contributed by atoms with van der Waals surface area (Å²) in [5.74, 6) is 1.75. The standard InChI is InChI=1S/C20H17N3O/c1-14-17-9-5-6-10-18(17)22-20(21-14)12-11-16-13-19(23-24-16)15-7-3-2-4-8-15/h2-10,13H,1,11-12H2,(H,21,22). The van der Waals surface area contributed by atoms with E-state index in [9.17, 15) is 0 Å². The van der Waals surface area contributed by atoms with Crippen LogP contribution >= 0.6 is 0 Å². The third kappa shape index (κ3) is 2.86. The number of hydrogen-bond acceptors (Lipinski definition) is 4. The zero-order valence-corrected chi connectivity index (χ0v) is 13.2. The van der Waals surface area contributed by atoms with Crippen LogP contribution in [0, 0.1) is 0 Å². The van der Waals surface area contributed by atoms with E-state index in [1.54, 1.807) is 0 Å². The lowest BCUT2D eigenvalue weighted by Gasteiger charge is -2.19. The normalized spacial score (nSPS) is 13.2. The third-order valence-corrected chi connectivity index (χ3v) is 4.02. The van der Waals surface area contributed by atoms with Crippen molar-refractivity contribution >= 4 is 17.2 Å². The van der Waals surface area contributed by atoms with Crippen LogP contribution in [-0.2, 0) is 6.42 Å². The number of para-hydroxylation sites is 1. The van der Waals surface area contributed by atoms with Crippen LogP contribution in [0.3, 0.4) is 0 Å². The summed E-state index contributed by atoms with van der Waals surface area (Å²) in [4.78, 5) is 4.66. The zero-order valence-electron chi connectivity index (χ0n) is 13.2. The highest BCUT2D eigenvalue weighted by molar-refractivity contribution is 5.97. The van der Waals surface area contributed by atoms with Gasteiger partial charge < -0.3 is 9.84 Å². The Morgan fingerprint density at radius 1 is 0.958 bits per heavy atom. The molecule has 0 radical (unpaired) electrons. The lowest BCUT2D eigenvalue weighted by Crippen LogP contribution is -2.24. The van der Waals surface area contributed by atoms with E-state index in [4.69, 9.17) is 4.52 Å². The summed E-state index contributed by atoms with van der Waals surface area (Å²) in [6, 6.07) is 20.0. The van der Waals surface area contributed by atoms with Gasteiger partial charge in [0.25, 0.3) is 0 Å². The number of hydrogen-bond donors (Lipinski definition) is 1. The number of aromatic nitrogens is 1. The maximum atomic E-state index is 5.45. The van der Waals surface area contributed by atoms with Crippen LogP contribution in [0.5, 0.6) is 0 Å². The van der Waals surface area contributed by atoms with Crippen LogP contribution < -0.4 is 5.32 Å². The van der Waals surface area contributed by atoms with Crippen LogP contribution in [0.1, 0.15) is 17.7 Å². The van der Waals surface area contributed by atoms with Crippen LogP contribution in [0.2, 0.25) is 0 Å². The minimum Gasteiger partial charge on any atom is -0.361 e. The van der Waals surface area contributed by atoms with Gasteiger partial charge in [0, 0.05) is 35.7 Å². The number of aliphatic imine (C=N–C) groups is 1. The van der Waals surface area contributed by atoms with Gasteiger partial charge >= 0.3 is 0 Å². The summed E-state index contributed by atoms with van der Waals surface area (Å²) < 4.78 is 5.45. The molecule has 0 saturated heterocycles. The summed E-state index contributed by atoms with van der Waals surface area (Å²) in [7, 11) is 0. The molecule has 1 aliphatic rings. The average molecular weight is 315 g/mol. The molecule has 0 amide bonds. The third-order valence-electron chi connectivity index (χ3n) is 4.02. The molecular formula is C20H17N3O. The zero-order chi connectivity index (χ0) is 16.4. The molecule has 118 valence electrons. The number of rotatable bonds is 4. The second-order valence-electron chi connectivity index (χ2n) is 5.72. The predicted octanol–water partition coefficient (Wildman–Crippen LogP) is 4.58. The second-order valence-corrected chi connectivity index (χ2v) is 5.72. The van der Waals surface area contributed by atoms with Crippen molar-refractivity contribution in [2.24, 2.45) is 4.99 Å². The van der Waals surface area contributed by atoms with E-state index < -0.39 is 0 Å². The average Bonchev–Trinajstić information content (AvgIpc) is 3.10. The van der Waals surface area contributed by atoms with Crippen molar-refractivity contribution in [1.82, 2.24) is 10.5 Å². The molecule has 0 fully saturated rings. The van der Waals surface area contributed by atoms with Gasteiger partial charge in [-0.15, -0.1) is 0 Å². The Bertz CT molecular complexity index is 909. The number of aryl methyl sites for hydroxylation is 1. The maximum absolute atomic E-state index is 5.45. The first kappa shape index (κ1) is 14.5. The van der Waals surface area contributed by atoms with Crippen LogP contribution in [0.15, 0.2) is 76.8 Å². The SMILES string of the molecule is C=C1NC(CCc2cc(-c3ccccc3)no2)=Nc2ccccc21. The fourth-order valence-electron chi connectivity index (χ4n) is 2.78. The number of fused-ring (bicyclic) bond motifs is 1. The van der Waals surface area contributed by atoms with Gasteiger partial charge in [-0.1, -0.05) is 60.3 Å². The van der Waals surface area contributed by atoms with Crippen molar-refractivity contribution in [3.63, 3.8) is 0 Å². The molecule has 1 N–H and O–H groups in total. The summed E-state index contributed by atoms with van der Waals surface area (Å²) in [6.07, 6.45) is 1.48. The first-order valence-corrected chi connectivity index (χ1v) is 7.93.